The quantitative estimate of drug-likeness (QED) is 0.667. The Morgan fingerprint density at radius 2 is 2.21 bits per heavy atom. The van der Waals surface area contributed by atoms with Crippen LogP contribution in [0.15, 0.2) is 12.1 Å². The van der Waals surface area contributed by atoms with Gasteiger partial charge in [0.25, 0.3) is 0 Å². The lowest BCUT2D eigenvalue weighted by atomic mass is 10.1. The number of rotatable bonds is 1. The number of methoxy groups -OCH3 is 1. The summed E-state index contributed by atoms with van der Waals surface area (Å²) in [6, 6.07) is 5.13. The summed E-state index contributed by atoms with van der Waals surface area (Å²) in [5, 5.41) is 9.04. The smallest absolute Gasteiger partial charge is 0.340 e. The number of hydrogen-bond donors (Lipinski definition) is 0. The first kappa shape index (κ1) is 10.6. The van der Waals surface area contributed by atoms with Crippen LogP contribution in [0.3, 0.4) is 0 Å². The molecule has 0 fully saturated rings. The number of halogens is 1. The number of hydrogen-bond acceptors (Lipinski definition) is 3. The van der Waals surface area contributed by atoms with Gasteiger partial charge in [-0.25, -0.2) is 4.79 Å². The van der Waals surface area contributed by atoms with E-state index in [2.05, 4.69) is 4.74 Å². The van der Waals surface area contributed by atoms with Gasteiger partial charge in [0.2, 0.25) is 0 Å². The summed E-state index contributed by atoms with van der Waals surface area (Å²) in [6.07, 6.45) is 0. The van der Waals surface area contributed by atoms with E-state index in [1.54, 1.807) is 19.1 Å². The van der Waals surface area contributed by atoms with Crippen LogP contribution in [0, 0.1) is 18.3 Å². The zero-order valence-corrected chi connectivity index (χ0v) is 8.55. The molecule has 0 radical (unpaired) electrons. The van der Waals surface area contributed by atoms with Crippen LogP contribution in [0.2, 0.25) is 5.02 Å². The Morgan fingerprint density at radius 3 is 2.71 bits per heavy atom. The first-order chi connectivity index (χ1) is 6.61. The second kappa shape index (κ2) is 4.12. The van der Waals surface area contributed by atoms with Gasteiger partial charge >= 0.3 is 5.97 Å². The summed E-state index contributed by atoms with van der Waals surface area (Å²) >= 11 is 5.90. The van der Waals surface area contributed by atoms with Crippen molar-refractivity contribution in [3.05, 3.63) is 33.8 Å². The zero-order valence-electron chi connectivity index (χ0n) is 7.80. The highest BCUT2D eigenvalue weighted by Crippen LogP contribution is 2.24. The molecule has 3 nitrogen and oxygen atoms in total. The van der Waals surface area contributed by atoms with Gasteiger partial charge in [-0.2, -0.15) is 5.26 Å². The average molecular weight is 210 g/mol. The van der Waals surface area contributed by atoms with Crippen molar-refractivity contribution in [2.24, 2.45) is 0 Å². The van der Waals surface area contributed by atoms with Gasteiger partial charge < -0.3 is 4.74 Å². The molecule has 0 aromatic heterocycles. The van der Waals surface area contributed by atoms with Crippen LogP contribution in [0.5, 0.6) is 0 Å². The molecule has 14 heavy (non-hydrogen) atoms. The second-order valence-corrected chi connectivity index (χ2v) is 3.10. The Bertz CT molecular complexity index is 421. The molecule has 0 spiro atoms. The monoisotopic (exact) mass is 209 g/mol. The Labute approximate surface area is 86.9 Å². The lowest BCUT2D eigenvalue weighted by Crippen LogP contribution is -2.06. The predicted molar refractivity (Wildman–Crippen MR) is 52.2 cm³/mol. The fourth-order valence-corrected chi connectivity index (χ4v) is 1.32. The highest BCUT2D eigenvalue weighted by molar-refractivity contribution is 6.34. The van der Waals surface area contributed by atoms with E-state index in [1.807, 2.05) is 6.07 Å². The normalized spacial score (nSPS) is 9.29. The van der Waals surface area contributed by atoms with E-state index in [-0.39, 0.29) is 16.1 Å². The molecule has 0 heterocycles. The van der Waals surface area contributed by atoms with E-state index in [1.165, 1.54) is 7.11 Å². The summed E-state index contributed by atoms with van der Waals surface area (Å²) in [4.78, 5) is 11.3. The molecule has 0 aliphatic rings. The SMILES string of the molecule is COC(=O)c1c(C#N)ccc(C)c1Cl. The second-order valence-electron chi connectivity index (χ2n) is 2.72. The molecule has 0 atom stereocenters. The summed E-state index contributed by atoms with van der Waals surface area (Å²) in [5.41, 5.74) is 1.11. The molecule has 0 aliphatic carbocycles. The van der Waals surface area contributed by atoms with Gasteiger partial charge in [0.05, 0.1) is 23.3 Å². The van der Waals surface area contributed by atoms with Crippen molar-refractivity contribution >= 4 is 17.6 Å². The van der Waals surface area contributed by atoms with E-state index in [9.17, 15) is 4.79 Å². The maximum Gasteiger partial charge on any atom is 0.340 e. The van der Waals surface area contributed by atoms with Crippen LogP contribution in [0.4, 0.5) is 0 Å². The maximum absolute atomic E-state index is 11.3. The van der Waals surface area contributed by atoms with Crippen molar-refractivity contribution in [3.8, 4) is 6.07 Å². The molecule has 0 aliphatic heterocycles. The maximum atomic E-state index is 11.3. The van der Waals surface area contributed by atoms with E-state index < -0.39 is 5.97 Å². The van der Waals surface area contributed by atoms with Crippen LogP contribution in [-0.2, 0) is 4.74 Å². The van der Waals surface area contributed by atoms with E-state index in [0.29, 0.717) is 0 Å². The lowest BCUT2D eigenvalue weighted by molar-refractivity contribution is 0.0600. The van der Waals surface area contributed by atoms with Crippen molar-refractivity contribution in [3.63, 3.8) is 0 Å². The van der Waals surface area contributed by atoms with Crippen molar-refractivity contribution in [1.29, 1.82) is 5.26 Å². The summed E-state index contributed by atoms with van der Waals surface area (Å²) in [6.45, 7) is 1.76. The van der Waals surface area contributed by atoms with Crippen molar-refractivity contribution in [1.82, 2.24) is 0 Å². The fraction of sp³-hybridized carbons (Fsp3) is 0.200. The molecule has 0 saturated heterocycles. The summed E-state index contributed by atoms with van der Waals surface area (Å²) in [5.74, 6) is -0.588. The van der Waals surface area contributed by atoms with Gasteiger partial charge in [-0.1, -0.05) is 17.7 Å². The summed E-state index contributed by atoms with van der Waals surface area (Å²) < 4.78 is 4.54. The molecule has 4 heteroatoms. The third-order valence-corrected chi connectivity index (χ3v) is 2.33. The van der Waals surface area contributed by atoms with E-state index in [4.69, 9.17) is 16.9 Å². The molecule has 0 amide bonds. The van der Waals surface area contributed by atoms with Crippen LogP contribution < -0.4 is 0 Å². The number of carbonyl (C=O) groups excluding carboxylic acids is 1. The molecule has 1 aromatic carbocycles. The Morgan fingerprint density at radius 1 is 1.57 bits per heavy atom. The standard InChI is InChI=1S/C10H8ClNO2/c1-6-3-4-7(5-12)8(9(6)11)10(13)14-2/h3-4H,1-2H3. The molecule has 0 saturated carbocycles. The Kier molecular flexibility index (Phi) is 3.10. The molecular weight excluding hydrogens is 202 g/mol. The molecule has 1 aromatic rings. The van der Waals surface area contributed by atoms with Crippen LogP contribution >= 0.6 is 11.6 Å². The highest BCUT2D eigenvalue weighted by atomic mass is 35.5. The largest absolute Gasteiger partial charge is 0.465 e. The zero-order chi connectivity index (χ0) is 10.7. The average Bonchev–Trinajstić information content (AvgIpc) is 2.20. The van der Waals surface area contributed by atoms with Gasteiger partial charge in [-0.15, -0.1) is 0 Å². The molecule has 1 rings (SSSR count). The minimum absolute atomic E-state index is 0.136. The predicted octanol–water partition coefficient (Wildman–Crippen LogP) is 2.31. The van der Waals surface area contributed by atoms with Gasteiger partial charge in [-0.05, 0) is 18.6 Å². The first-order valence-electron chi connectivity index (χ1n) is 3.89. The van der Waals surface area contributed by atoms with Gasteiger partial charge in [0.1, 0.15) is 6.07 Å². The number of nitriles is 1. The fourth-order valence-electron chi connectivity index (χ4n) is 1.08. The summed E-state index contributed by atoms with van der Waals surface area (Å²) in [7, 11) is 1.25. The molecule has 72 valence electrons. The van der Waals surface area contributed by atoms with Crippen molar-refractivity contribution < 1.29 is 9.53 Å². The molecule has 0 bridgehead atoms. The number of nitrogens with zero attached hydrogens (tertiary/aromatic N) is 1. The third kappa shape index (κ3) is 1.70. The number of benzene rings is 1. The minimum Gasteiger partial charge on any atom is -0.465 e. The van der Waals surface area contributed by atoms with E-state index in [0.717, 1.165) is 5.56 Å². The first-order valence-corrected chi connectivity index (χ1v) is 4.27. The van der Waals surface area contributed by atoms with Crippen molar-refractivity contribution in [2.75, 3.05) is 7.11 Å². The van der Waals surface area contributed by atoms with Crippen LogP contribution in [-0.4, -0.2) is 13.1 Å². The Hall–Kier alpha value is -1.53. The lowest BCUT2D eigenvalue weighted by Gasteiger charge is -2.06. The number of ether oxygens (including phenoxy) is 1. The number of esters is 1. The highest BCUT2D eigenvalue weighted by Gasteiger charge is 2.17. The molecule has 0 N–H and O–H groups in total. The van der Waals surface area contributed by atoms with Crippen LogP contribution in [0.1, 0.15) is 21.5 Å². The third-order valence-electron chi connectivity index (χ3n) is 1.85. The van der Waals surface area contributed by atoms with Gasteiger partial charge in [0.15, 0.2) is 0 Å². The van der Waals surface area contributed by atoms with Crippen molar-refractivity contribution in [2.45, 2.75) is 6.92 Å². The Balaban J connectivity index is 3.45. The minimum atomic E-state index is -0.588. The van der Waals surface area contributed by atoms with E-state index >= 15 is 0 Å². The molecule has 0 unspecified atom stereocenters. The topological polar surface area (TPSA) is 50.1 Å². The molecular formula is C10H8ClNO2. The van der Waals surface area contributed by atoms with Gasteiger partial charge in [0, 0.05) is 0 Å². The van der Waals surface area contributed by atoms with Crippen LogP contribution in [0.25, 0.3) is 0 Å². The number of aryl methyl sites for hydroxylation is 1. The van der Waals surface area contributed by atoms with Gasteiger partial charge in [-0.3, -0.25) is 0 Å². The number of carbonyl (C=O) groups is 1.